The van der Waals surface area contributed by atoms with E-state index < -0.39 is 0 Å². The highest BCUT2D eigenvalue weighted by atomic mass is 16.2. The lowest BCUT2D eigenvalue weighted by molar-refractivity contribution is -0.152. The molecule has 5 rings (SSSR count). The first-order valence-corrected chi connectivity index (χ1v) is 10.9. The molecule has 2 bridgehead atoms. The number of rotatable bonds is 5. The smallest absolute Gasteiger partial charge is 0.315 e. The summed E-state index contributed by atoms with van der Waals surface area (Å²) in [5.74, 6) is 0.302. The largest absolute Gasteiger partial charge is 0.337 e. The van der Waals surface area contributed by atoms with Gasteiger partial charge in [-0.25, -0.2) is 4.79 Å². The van der Waals surface area contributed by atoms with Gasteiger partial charge in [0, 0.05) is 38.3 Å². The summed E-state index contributed by atoms with van der Waals surface area (Å²) in [6.07, 6.45) is 8.60. The Labute approximate surface area is 172 Å². The molecule has 0 saturated carbocycles. The molecular weight excluding hydrogens is 364 g/mol. The van der Waals surface area contributed by atoms with Gasteiger partial charge in [-0.2, -0.15) is 0 Å². The second kappa shape index (κ2) is 6.87. The molecule has 6 heteroatoms. The van der Waals surface area contributed by atoms with Gasteiger partial charge in [-0.3, -0.25) is 9.69 Å². The third-order valence-electron chi connectivity index (χ3n) is 7.60. The average molecular weight is 395 g/mol. The van der Waals surface area contributed by atoms with Crippen LogP contribution in [-0.2, 0) is 4.79 Å². The Bertz CT molecular complexity index is 833. The molecule has 0 radical (unpaired) electrons. The highest BCUT2D eigenvalue weighted by Gasteiger charge is 2.61. The van der Waals surface area contributed by atoms with E-state index in [-0.39, 0.29) is 17.0 Å². The van der Waals surface area contributed by atoms with Crippen molar-refractivity contribution in [2.75, 3.05) is 26.2 Å². The highest BCUT2D eigenvalue weighted by Crippen LogP contribution is 2.53. The van der Waals surface area contributed by atoms with Crippen molar-refractivity contribution >= 4 is 18.0 Å². The number of benzene rings is 1. The Balaban J connectivity index is 1.27. The molecule has 6 nitrogen and oxygen atoms in total. The Kier molecular flexibility index (Phi) is 4.42. The number of urea groups is 1. The van der Waals surface area contributed by atoms with Gasteiger partial charge in [-0.05, 0) is 31.2 Å². The lowest BCUT2D eigenvalue weighted by Crippen LogP contribution is -2.72. The van der Waals surface area contributed by atoms with Gasteiger partial charge in [-0.15, -0.1) is 0 Å². The minimum atomic E-state index is -0.263. The second-order valence-corrected chi connectivity index (χ2v) is 9.22. The summed E-state index contributed by atoms with van der Waals surface area (Å²) >= 11 is 0. The number of nitrogens with one attached hydrogen (secondary N) is 2. The summed E-state index contributed by atoms with van der Waals surface area (Å²) in [6.45, 7) is 4.97. The highest BCUT2D eigenvalue weighted by molar-refractivity contribution is 5.86. The van der Waals surface area contributed by atoms with Crippen LogP contribution in [0.25, 0.3) is 6.08 Å². The van der Waals surface area contributed by atoms with E-state index in [0.29, 0.717) is 37.6 Å². The van der Waals surface area contributed by atoms with Crippen LogP contribution in [0.15, 0.2) is 36.4 Å². The molecule has 1 aromatic rings. The number of amides is 3. The zero-order valence-electron chi connectivity index (χ0n) is 17.1. The predicted molar refractivity (Wildman–Crippen MR) is 112 cm³/mol. The first-order valence-electron chi connectivity index (χ1n) is 10.9. The number of hydrogen-bond donors (Lipinski definition) is 2. The van der Waals surface area contributed by atoms with Crippen LogP contribution < -0.4 is 10.6 Å². The molecule has 0 unspecified atom stereocenters. The molecule has 4 heterocycles. The Hall–Kier alpha value is -2.34. The fraction of sp³-hybridized carbons (Fsp3) is 0.565. The fourth-order valence-corrected chi connectivity index (χ4v) is 6.13. The molecule has 0 aliphatic carbocycles. The minimum absolute atomic E-state index is 0.112. The van der Waals surface area contributed by atoms with Crippen LogP contribution in [0.4, 0.5) is 4.79 Å². The third kappa shape index (κ3) is 2.96. The Morgan fingerprint density at radius 1 is 1.24 bits per heavy atom. The van der Waals surface area contributed by atoms with E-state index in [1.807, 2.05) is 11.0 Å². The number of carbonyl (C=O) groups excluding carboxylic acids is 2. The number of carbonyl (C=O) groups is 2. The van der Waals surface area contributed by atoms with Crippen LogP contribution in [0.3, 0.4) is 0 Å². The van der Waals surface area contributed by atoms with E-state index in [1.165, 1.54) is 12.0 Å². The molecule has 154 valence electrons. The maximum atomic E-state index is 13.6. The molecule has 1 spiro atoms. The van der Waals surface area contributed by atoms with Gasteiger partial charge in [0.1, 0.15) is 0 Å². The maximum absolute atomic E-state index is 13.6. The summed E-state index contributed by atoms with van der Waals surface area (Å²) in [5.41, 5.74) is 0.716. The molecule has 4 saturated heterocycles. The van der Waals surface area contributed by atoms with Gasteiger partial charge in [0.15, 0.2) is 0 Å². The molecule has 4 fully saturated rings. The van der Waals surface area contributed by atoms with E-state index >= 15 is 0 Å². The topological polar surface area (TPSA) is 64.7 Å². The van der Waals surface area contributed by atoms with Crippen molar-refractivity contribution < 1.29 is 9.59 Å². The standard InChI is InChI=1S/C23H30N4O2/c1-2-23(20(28)26-15-22(16-26)14-24-21(29)25-22)13-18-10-11-19(23)27(18)12-6-9-17-7-4-3-5-8-17/h3-9,18-19H,2,10-16H2,1H3,(H2,24,25,29)/b9-6+/t18-,19+,23+/m0/s1. The van der Waals surface area contributed by atoms with Crippen LogP contribution in [0.2, 0.25) is 0 Å². The van der Waals surface area contributed by atoms with Crippen molar-refractivity contribution in [1.29, 1.82) is 0 Å². The molecule has 4 aliphatic heterocycles. The van der Waals surface area contributed by atoms with Crippen LogP contribution in [0.5, 0.6) is 0 Å². The molecule has 4 aliphatic rings. The summed E-state index contributed by atoms with van der Waals surface area (Å²) in [5, 5.41) is 5.83. The van der Waals surface area contributed by atoms with E-state index in [1.54, 1.807) is 0 Å². The average Bonchev–Trinajstić information content (AvgIpc) is 3.38. The number of likely N-dealkylation sites (tertiary alicyclic amines) is 1. The molecule has 29 heavy (non-hydrogen) atoms. The van der Waals surface area contributed by atoms with Gasteiger partial charge in [-0.1, -0.05) is 49.4 Å². The van der Waals surface area contributed by atoms with Gasteiger partial charge in [0.2, 0.25) is 5.91 Å². The first kappa shape index (κ1) is 18.7. The second-order valence-electron chi connectivity index (χ2n) is 9.22. The van der Waals surface area contributed by atoms with E-state index in [4.69, 9.17) is 0 Å². The number of hydrogen-bond acceptors (Lipinski definition) is 3. The van der Waals surface area contributed by atoms with Crippen molar-refractivity contribution in [3.8, 4) is 0 Å². The van der Waals surface area contributed by atoms with E-state index in [9.17, 15) is 9.59 Å². The molecule has 3 atom stereocenters. The van der Waals surface area contributed by atoms with Crippen LogP contribution >= 0.6 is 0 Å². The zero-order valence-corrected chi connectivity index (χ0v) is 17.1. The quantitative estimate of drug-likeness (QED) is 0.805. The molecule has 2 N–H and O–H groups in total. The summed E-state index contributed by atoms with van der Waals surface area (Å²) in [4.78, 5) is 29.6. The predicted octanol–water partition coefficient (Wildman–Crippen LogP) is 2.23. The number of nitrogens with zero attached hydrogens (tertiary/aromatic N) is 2. The van der Waals surface area contributed by atoms with E-state index in [2.05, 4.69) is 58.9 Å². The van der Waals surface area contributed by atoms with Gasteiger partial charge >= 0.3 is 6.03 Å². The maximum Gasteiger partial charge on any atom is 0.315 e. The van der Waals surface area contributed by atoms with Gasteiger partial charge < -0.3 is 15.5 Å². The molecule has 3 amide bonds. The Morgan fingerprint density at radius 3 is 2.72 bits per heavy atom. The summed E-state index contributed by atoms with van der Waals surface area (Å²) < 4.78 is 0. The first-order chi connectivity index (χ1) is 14.1. The molecule has 0 aromatic heterocycles. The summed E-state index contributed by atoms with van der Waals surface area (Å²) in [6, 6.07) is 11.1. The third-order valence-corrected chi connectivity index (χ3v) is 7.60. The fourth-order valence-electron chi connectivity index (χ4n) is 6.13. The zero-order chi connectivity index (χ0) is 20.1. The van der Waals surface area contributed by atoms with Crippen LogP contribution in [0.1, 0.15) is 38.2 Å². The van der Waals surface area contributed by atoms with E-state index in [0.717, 1.165) is 25.8 Å². The van der Waals surface area contributed by atoms with Crippen molar-refractivity contribution in [2.24, 2.45) is 5.41 Å². The SMILES string of the molecule is CC[C@@]1(C(=O)N2CC3(CNC(=O)N3)C2)C[C@@H]2CC[C@H]1N2C/C=C/c1ccccc1. The normalized spacial score (nSPS) is 32.6. The summed E-state index contributed by atoms with van der Waals surface area (Å²) in [7, 11) is 0. The van der Waals surface area contributed by atoms with Crippen LogP contribution in [0, 0.1) is 5.41 Å². The number of fused-ring (bicyclic) bond motifs is 2. The lowest BCUT2D eigenvalue weighted by atomic mass is 9.69. The van der Waals surface area contributed by atoms with Crippen LogP contribution in [-0.4, -0.2) is 65.5 Å². The molecule has 1 aromatic carbocycles. The van der Waals surface area contributed by atoms with Gasteiger partial charge in [0.25, 0.3) is 0 Å². The van der Waals surface area contributed by atoms with Crippen molar-refractivity contribution in [1.82, 2.24) is 20.4 Å². The van der Waals surface area contributed by atoms with Crippen molar-refractivity contribution in [3.05, 3.63) is 42.0 Å². The monoisotopic (exact) mass is 394 g/mol. The minimum Gasteiger partial charge on any atom is -0.337 e. The van der Waals surface area contributed by atoms with Crippen molar-refractivity contribution in [3.63, 3.8) is 0 Å². The Morgan fingerprint density at radius 2 is 2.03 bits per heavy atom. The lowest BCUT2D eigenvalue weighted by Gasteiger charge is -2.51. The van der Waals surface area contributed by atoms with Crippen molar-refractivity contribution in [2.45, 2.75) is 50.2 Å². The van der Waals surface area contributed by atoms with Gasteiger partial charge in [0.05, 0.1) is 11.0 Å². The molecular formula is C23H30N4O2.